The van der Waals surface area contributed by atoms with Gasteiger partial charge in [0, 0.05) is 7.05 Å². The van der Waals surface area contributed by atoms with Gasteiger partial charge < -0.3 is 4.90 Å². The molecule has 0 radical (unpaired) electrons. The molecular formula is C8H18N2O. The third kappa shape index (κ3) is 12.5. The minimum Gasteiger partial charge on any atom is -0.304 e. The number of hydrogen-bond acceptors (Lipinski definition) is 3. The van der Waals surface area contributed by atoms with E-state index in [4.69, 9.17) is 4.79 Å². The van der Waals surface area contributed by atoms with Crippen molar-refractivity contribution in [2.24, 2.45) is 4.99 Å². The smallest absolute Gasteiger partial charge is 0.234 e. The van der Waals surface area contributed by atoms with E-state index in [2.05, 4.69) is 30.7 Å². The fourth-order valence-corrected chi connectivity index (χ4v) is 0.671. The summed E-state index contributed by atoms with van der Waals surface area (Å²) < 4.78 is 0. The van der Waals surface area contributed by atoms with E-state index in [0.717, 1.165) is 0 Å². The number of rotatable bonds is 3. The summed E-state index contributed by atoms with van der Waals surface area (Å²) in [5, 5.41) is 0. The summed E-state index contributed by atoms with van der Waals surface area (Å²) in [6, 6.07) is 0. The van der Waals surface area contributed by atoms with Gasteiger partial charge >= 0.3 is 0 Å². The van der Waals surface area contributed by atoms with Crippen molar-refractivity contribution < 1.29 is 4.79 Å². The topological polar surface area (TPSA) is 32.7 Å². The van der Waals surface area contributed by atoms with Crippen LogP contribution in [-0.4, -0.2) is 37.7 Å². The zero-order valence-electron chi connectivity index (χ0n) is 7.92. The maximum Gasteiger partial charge on any atom is 0.234 e. The van der Waals surface area contributed by atoms with Gasteiger partial charge in [-0.2, -0.15) is 0 Å². The highest BCUT2D eigenvalue weighted by Crippen LogP contribution is 1.81. The van der Waals surface area contributed by atoms with Crippen molar-refractivity contribution >= 4 is 6.08 Å². The van der Waals surface area contributed by atoms with Crippen LogP contribution >= 0.6 is 0 Å². The van der Waals surface area contributed by atoms with E-state index in [1.807, 2.05) is 0 Å². The minimum absolute atomic E-state index is 1.19. The lowest BCUT2D eigenvalue weighted by Gasteiger charge is -2.13. The van der Waals surface area contributed by atoms with Crippen LogP contribution in [0.3, 0.4) is 0 Å². The van der Waals surface area contributed by atoms with Crippen LogP contribution in [0.4, 0.5) is 0 Å². The average Bonchev–Trinajstić information content (AvgIpc) is 2.08. The minimum atomic E-state index is 1.19. The molecule has 0 heterocycles. The Balaban J connectivity index is 0. The van der Waals surface area contributed by atoms with Crippen LogP contribution in [0.2, 0.25) is 0 Å². The van der Waals surface area contributed by atoms with Gasteiger partial charge in [-0.05, 0) is 19.6 Å². The van der Waals surface area contributed by atoms with Crippen molar-refractivity contribution in [3.63, 3.8) is 0 Å². The number of aliphatic imine (C=N–C) groups is 1. The van der Waals surface area contributed by atoms with Crippen molar-refractivity contribution in [3.05, 3.63) is 0 Å². The fourth-order valence-electron chi connectivity index (χ4n) is 0.671. The van der Waals surface area contributed by atoms with Gasteiger partial charge in [-0.3, -0.25) is 0 Å². The first kappa shape index (κ1) is 13.0. The molecule has 0 aromatic rings. The molecule has 0 aliphatic heterocycles. The lowest BCUT2D eigenvalue weighted by Crippen LogP contribution is -2.21. The Morgan fingerprint density at radius 3 is 1.45 bits per heavy atom. The molecule has 0 saturated carbocycles. The molecule has 0 fully saturated rings. The number of hydrogen-bond donors (Lipinski definition) is 0. The highest BCUT2D eigenvalue weighted by atomic mass is 16.1. The van der Waals surface area contributed by atoms with Crippen molar-refractivity contribution in [2.75, 3.05) is 26.7 Å². The van der Waals surface area contributed by atoms with Crippen molar-refractivity contribution in [3.8, 4) is 0 Å². The Kier molecular flexibility index (Phi) is 14.2. The molecule has 0 unspecified atom stereocenters. The maximum atomic E-state index is 8.88. The quantitative estimate of drug-likeness (QED) is 0.458. The zero-order valence-corrected chi connectivity index (χ0v) is 7.92. The normalized spacial score (nSPS) is 8.09. The van der Waals surface area contributed by atoms with E-state index in [-0.39, 0.29) is 0 Å². The average molecular weight is 158 g/mol. The van der Waals surface area contributed by atoms with Crippen molar-refractivity contribution in [2.45, 2.75) is 20.8 Å². The van der Waals surface area contributed by atoms with Gasteiger partial charge in [0.05, 0.1) is 0 Å². The van der Waals surface area contributed by atoms with Crippen LogP contribution < -0.4 is 0 Å². The van der Waals surface area contributed by atoms with E-state index >= 15 is 0 Å². The van der Waals surface area contributed by atoms with Gasteiger partial charge in [-0.25, -0.2) is 9.79 Å². The Morgan fingerprint density at radius 1 is 1.18 bits per heavy atom. The monoisotopic (exact) mass is 158 g/mol. The summed E-state index contributed by atoms with van der Waals surface area (Å²) in [5.41, 5.74) is 0. The van der Waals surface area contributed by atoms with Gasteiger partial charge in [0.15, 0.2) is 0 Å². The first-order chi connectivity index (χ1) is 5.26. The Hall–Kier alpha value is -0.660. The summed E-state index contributed by atoms with van der Waals surface area (Å²) in [6.45, 7) is 10.1. The third-order valence-corrected chi connectivity index (χ3v) is 1.43. The fraction of sp³-hybridized carbons (Fsp3) is 0.875. The van der Waals surface area contributed by atoms with Gasteiger partial charge in [-0.1, -0.05) is 20.8 Å². The molecule has 0 spiro atoms. The Labute approximate surface area is 69.1 Å². The van der Waals surface area contributed by atoms with Gasteiger partial charge in [0.2, 0.25) is 6.08 Å². The lowest BCUT2D eigenvalue weighted by molar-refractivity contribution is 0.321. The molecule has 0 N–H and O–H groups in total. The van der Waals surface area contributed by atoms with E-state index in [9.17, 15) is 0 Å². The summed E-state index contributed by atoms with van der Waals surface area (Å²) in [6.07, 6.45) is 1.31. The molecule has 11 heavy (non-hydrogen) atoms. The number of carbonyl (C=O) groups excluding carboxylic acids is 1. The highest BCUT2D eigenvalue weighted by molar-refractivity contribution is 5.32. The van der Waals surface area contributed by atoms with E-state index in [1.54, 1.807) is 0 Å². The number of isocyanates is 1. The molecule has 0 aliphatic rings. The second-order valence-corrected chi connectivity index (χ2v) is 1.93. The molecule has 0 aromatic heterocycles. The third-order valence-electron chi connectivity index (χ3n) is 1.43. The standard InChI is InChI=1S/C6H15N.C2H3NO/c1-4-7(5-2)6-3;1-3-2-4/h4-6H2,1-3H3;1H3. The largest absolute Gasteiger partial charge is 0.304 e. The molecule has 0 saturated heterocycles. The van der Waals surface area contributed by atoms with Crippen LogP contribution in [0.15, 0.2) is 4.99 Å². The highest BCUT2D eigenvalue weighted by Gasteiger charge is 1.89. The molecule has 0 bridgehead atoms. The predicted octanol–water partition coefficient (Wildman–Crippen LogP) is 1.30. The maximum absolute atomic E-state index is 8.88. The van der Waals surface area contributed by atoms with Crippen molar-refractivity contribution in [1.29, 1.82) is 0 Å². The molecule has 0 aromatic carbocycles. The molecular weight excluding hydrogens is 140 g/mol. The molecule has 0 amide bonds. The molecule has 3 nitrogen and oxygen atoms in total. The van der Waals surface area contributed by atoms with E-state index in [0.29, 0.717) is 0 Å². The Bertz CT molecular complexity index is 99.1. The van der Waals surface area contributed by atoms with Gasteiger partial charge in [-0.15, -0.1) is 0 Å². The summed E-state index contributed by atoms with van der Waals surface area (Å²) in [7, 11) is 1.38. The van der Waals surface area contributed by atoms with Crippen LogP contribution in [0.25, 0.3) is 0 Å². The summed E-state index contributed by atoms with van der Waals surface area (Å²) >= 11 is 0. The van der Waals surface area contributed by atoms with Gasteiger partial charge in [0.25, 0.3) is 0 Å². The first-order valence-corrected chi connectivity index (χ1v) is 3.94. The molecule has 0 rings (SSSR count). The predicted molar refractivity (Wildman–Crippen MR) is 47.5 cm³/mol. The van der Waals surface area contributed by atoms with Crippen LogP contribution in [-0.2, 0) is 4.79 Å². The molecule has 0 aliphatic carbocycles. The Morgan fingerprint density at radius 2 is 1.45 bits per heavy atom. The van der Waals surface area contributed by atoms with E-state index < -0.39 is 0 Å². The van der Waals surface area contributed by atoms with Crippen LogP contribution in [0.5, 0.6) is 0 Å². The summed E-state index contributed by atoms with van der Waals surface area (Å²) in [4.78, 5) is 14.2. The second-order valence-electron chi connectivity index (χ2n) is 1.93. The van der Waals surface area contributed by atoms with Gasteiger partial charge in [0.1, 0.15) is 0 Å². The van der Waals surface area contributed by atoms with Crippen LogP contribution in [0.1, 0.15) is 20.8 Å². The van der Waals surface area contributed by atoms with E-state index in [1.165, 1.54) is 32.8 Å². The molecule has 66 valence electrons. The molecule has 0 atom stereocenters. The lowest BCUT2D eigenvalue weighted by atomic mass is 10.5. The van der Waals surface area contributed by atoms with Crippen molar-refractivity contribution in [1.82, 2.24) is 4.90 Å². The second kappa shape index (κ2) is 12.1. The van der Waals surface area contributed by atoms with Crippen LogP contribution in [0, 0.1) is 0 Å². The SMILES string of the molecule is CCN(CC)CC.CN=C=O. The number of nitrogens with zero attached hydrogens (tertiary/aromatic N) is 2. The summed E-state index contributed by atoms with van der Waals surface area (Å²) in [5.74, 6) is 0. The first-order valence-electron chi connectivity index (χ1n) is 3.94. The zero-order chi connectivity index (χ0) is 9.11. The molecule has 3 heteroatoms.